The Morgan fingerprint density at radius 1 is 1.30 bits per heavy atom. The molecule has 1 aliphatic rings. The highest BCUT2D eigenvalue weighted by molar-refractivity contribution is 5.92. The standard InChI is InChI=1S/C14H15N5O/c20-13(18-11-3-4-11)12-5-7-16-14(19-12)17-9-10-2-1-6-15-8-10/h1-2,5-8,11H,3-4,9H2,(H,18,20)(H,16,17,19). The second-order valence-electron chi connectivity index (χ2n) is 4.73. The number of nitrogens with zero attached hydrogens (tertiary/aromatic N) is 3. The fourth-order valence-electron chi connectivity index (χ4n) is 1.74. The molecule has 2 heterocycles. The van der Waals surface area contributed by atoms with Crippen molar-refractivity contribution in [1.29, 1.82) is 0 Å². The summed E-state index contributed by atoms with van der Waals surface area (Å²) in [4.78, 5) is 24.2. The molecule has 2 aromatic rings. The number of anilines is 1. The van der Waals surface area contributed by atoms with Crippen LogP contribution in [0.1, 0.15) is 28.9 Å². The van der Waals surface area contributed by atoms with Crippen molar-refractivity contribution in [2.45, 2.75) is 25.4 Å². The molecule has 0 radical (unpaired) electrons. The Morgan fingerprint density at radius 3 is 2.95 bits per heavy atom. The number of amides is 1. The third-order valence-electron chi connectivity index (χ3n) is 2.97. The molecule has 1 amide bonds. The van der Waals surface area contributed by atoms with Gasteiger partial charge in [0.15, 0.2) is 0 Å². The van der Waals surface area contributed by atoms with E-state index in [2.05, 4.69) is 25.6 Å². The van der Waals surface area contributed by atoms with Crippen molar-refractivity contribution >= 4 is 11.9 Å². The van der Waals surface area contributed by atoms with Gasteiger partial charge in [-0.2, -0.15) is 0 Å². The average Bonchev–Trinajstić information content (AvgIpc) is 3.30. The number of carbonyl (C=O) groups excluding carboxylic acids is 1. The minimum Gasteiger partial charge on any atom is -0.350 e. The maximum atomic E-state index is 11.9. The van der Waals surface area contributed by atoms with E-state index in [4.69, 9.17) is 0 Å². The van der Waals surface area contributed by atoms with Crippen LogP contribution in [0.25, 0.3) is 0 Å². The van der Waals surface area contributed by atoms with Gasteiger partial charge in [-0.05, 0) is 30.5 Å². The number of carbonyl (C=O) groups is 1. The van der Waals surface area contributed by atoms with Crippen molar-refractivity contribution in [3.8, 4) is 0 Å². The van der Waals surface area contributed by atoms with Crippen LogP contribution in [0.5, 0.6) is 0 Å². The topological polar surface area (TPSA) is 79.8 Å². The van der Waals surface area contributed by atoms with Crippen molar-refractivity contribution in [2.75, 3.05) is 5.32 Å². The molecule has 20 heavy (non-hydrogen) atoms. The van der Waals surface area contributed by atoms with E-state index in [1.807, 2.05) is 12.1 Å². The van der Waals surface area contributed by atoms with Gasteiger partial charge >= 0.3 is 0 Å². The van der Waals surface area contributed by atoms with Gasteiger partial charge in [0.1, 0.15) is 5.69 Å². The monoisotopic (exact) mass is 269 g/mol. The number of nitrogens with one attached hydrogen (secondary N) is 2. The predicted molar refractivity (Wildman–Crippen MR) is 74.1 cm³/mol. The molecular formula is C14H15N5O. The first-order chi connectivity index (χ1) is 9.81. The molecule has 102 valence electrons. The molecule has 0 saturated heterocycles. The summed E-state index contributed by atoms with van der Waals surface area (Å²) < 4.78 is 0. The second kappa shape index (κ2) is 5.64. The van der Waals surface area contributed by atoms with E-state index in [-0.39, 0.29) is 5.91 Å². The Bertz CT molecular complexity index is 598. The van der Waals surface area contributed by atoms with Crippen LogP contribution < -0.4 is 10.6 Å². The fourth-order valence-corrected chi connectivity index (χ4v) is 1.74. The summed E-state index contributed by atoms with van der Waals surface area (Å²) in [6.07, 6.45) is 7.20. The maximum Gasteiger partial charge on any atom is 0.270 e. The number of hydrogen-bond acceptors (Lipinski definition) is 5. The van der Waals surface area contributed by atoms with Crippen LogP contribution in [0.15, 0.2) is 36.8 Å². The van der Waals surface area contributed by atoms with Crippen molar-refractivity contribution in [1.82, 2.24) is 20.3 Å². The lowest BCUT2D eigenvalue weighted by molar-refractivity contribution is 0.0946. The SMILES string of the molecule is O=C(NC1CC1)c1ccnc(NCc2cccnc2)n1. The lowest BCUT2D eigenvalue weighted by Gasteiger charge is -2.06. The lowest BCUT2D eigenvalue weighted by atomic mass is 10.3. The number of hydrogen-bond donors (Lipinski definition) is 2. The summed E-state index contributed by atoms with van der Waals surface area (Å²) >= 11 is 0. The fraction of sp³-hybridized carbons (Fsp3) is 0.286. The molecular weight excluding hydrogens is 254 g/mol. The summed E-state index contributed by atoms with van der Waals surface area (Å²) in [5.74, 6) is 0.302. The number of rotatable bonds is 5. The molecule has 2 N–H and O–H groups in total. The maximum absolute atomic E-state index is 11.9. The molecule has 0 unspecified atom stereocenters. The van der Waals surface area contributed by atoms with Gasteiger partial charge in [0.05, 0.1) is 0 Å². The van der Waals surface area contributed by atoms with Gasteiger partial charge in [-0.1, -0.05) is 6.07 Å². The molecule has 0 spiro atoms. The lowest BCUT2D eigenvalue weighted by Crippen LogP contribution is -2.26. The highest BCUT2D eigenvalue weighted by Crippen LogP contribution is 2.19. The summed E-state index contributed by atoms with van der Waals surface area (Å²) in [5, 5.41) is 5.99. The van der Waals surface area contributed by atoms with Crippen LogP contribution in [-0.4, -0.2) is 26.9 Å². The Hall–Kier alpha value is -2.50. The molecule has 6 nitrogen and oxygen atoms in total. The van der Waals surface area contributed by atoms with Gasteiger partial charge in [-0.3, -0.25) is 9.78 Å². The minimum absolute atomic E-state index is 0.140. The molecule has 0 atom stereocenters. The van der Waals surface area contributed by atoms with E-state index in [0.717, 1.165) is 18.4 Å². The van der Waals surface area contributed by atoms with Crippen molar-refractivity contribution in [3.63, 3.8) is 0 Å². The molecule has 1 fully saturated rings. The third kappa shape index (κ3) is 3.28. The zero-order chi connectivity index (χ0) is 13.8. The quantitative estimate of drug-likeness (QED) is 0.857. The van der Waals surface area contributed by atoms with E-state index >= 15 is 0 Å². The second-order valence-corrected chi connectivity index (χ2v) is 4.73. The van der Waals surface area contributed by atoms with Gasteiger partial charge in [0.25, 0.3) is 5.91 Å². The minimum atomic E-state index is -0.140. The first-order valence-corrected chi connectivity index (χ1v) is 6.58. The zero-order valence-corrected chi connectivity index (χ0v) is 10.9. The first-order valence-electron chi connectivity index (χ1n) is 6.58. The summed E-state index contributed by atoms with van der Waals surface area (Å²) in [5.41, 5.74) is 1.42. The molecule has 0 bridgehead atoms. The number of aromatic nitrogens is 3. The molecule has 1 aliphatic carbocycles. The largest absolute Gasteiger partial charge is 0.350 e. The van der Waals surface area contributed by atoms with Crippen molar-refractivity contribution in [3.05, 3.63) is 48.0 Å². The van der Waals surface area contributed by atoms with Crippen LogP contribution in [0, 0.1) is 0 Å². The van der Waals surface area contributed by atoms with Gasteiger partial charge < -0.3 is 10.6 Å². The summed E-state index contributed by atoms with van der Waals surface area (Å²) in [7, 11) is 0. The summed E-state index contributed by atoms with van der Waals surface area (Å²) in [6, 6.07) is 5.78. The van der Waals surface area contributed by atoms with Gasteiger partial charge in [-0.25, -0.2) is 9.97 Å². The van der Waals surface area contributed by atoms with E-state index in [9.17, 15) is 4.79 Å². The Labute approximate surface area is 116 Å². The van der Waals surface area contributed by atoms with Crippen LogP contribution in [0.2, 0.25) is 0 Å². The van der Waals surface area contributed by atoms with E-state index in [1.165, 1.54) is 0 Å². The first kappa shape index (κ1) is 12.5. The zero-order valence-electron chi connectivity index (χ0n) is 10.9. The van der Waals surface area contributed by atoms with Gasteiger partial charge in [0.2, 0.25) is 5.95 Å². The Balaban J connectivity index is 1.63. The van der Waals surface area contributed by atoms with Crippen molar-refractivity contribution in [2.24, 2.45) is 0 Å². The predicted octanol–water partition coefficient (Wildman–Crippen LogP) is 1.38. The highest BCUT2D eigenvalue weighted by atomic mass is 16.2. The highest BCUT2D eigenvalue weighted by Gasteiger charge is 2.24. The molecule has 0 aliphatic heterocycles. The van der Waals surface area contributed by atoms with E-state index in [0.29, 0.717) is 24.2 Å². The molecule has 1 saturated carbocycles. The normalized spacial score (nSPS) is 13.8. The number of pyridine rings is 1. The molecule has 3 rings (SSSR count). The van der Waals surface area contributed by atoms with Crippen LogP contribution in [0.4, 0.5) is 5.95 Å². The smallest absolute Gasteiger partial charge is 0.270 e. The van der Waals surface area contributed by atoms with Gasteiger partial charge in [-0.15, -0.1) is 0 Å². The molecule has 6 heteroatoms. The molecule has 2 aromatic heterocycles. The summed E-state index contributed by atoms with van der Waals surface area (Å²) in [6.45, 7) is 0.571. The van der Waals surface area contributed by atoms with Crippen LogP contribution in [-0.2, 0) is 6.54 Å². The van der Waals surface area contributed by atoms with Crippen LogP contribution in [0.3, 0.4) is 0 Å². The van der Waals surface area contributed by atoms with Crippen molar-refractivity contribution < 1.29 is 4.79 Å². The Morgan fingerprint density at radius 2 is 2.20 bits per heavy atom. The molecule has 0 aromatic carbocycles. The third-order valence-corrected chi connectivity index (χ3v) is 2.97. The van der Waals surface area contributed by atoms with E-state index < -0.39 is 0 Å². The van der Waals surface area contributed by atoms with Crippen LogP contribution >= 0.6 is 0 Å². The van der Waals surface area contributed by atoms with Gasteiger partial charge in [0, 0.05) is 31.2 Å². The average molecular weight is 269 g/mol. The van der Waals surface area contributed by atoms with E-state index in [1.54, 1.807) is 24.7 Å². The Kier molecular flexibility index (Phi) is 3.54.